The van der Waals surface area contributed by atoms with Crippen molar-refractivity contribution in [1.29, 1.82) is 0 Å². The van der Waals surface area contributed by atoms with Crippen LogP contribution in [0.3, 0.4) is 0 Å². The van der Waals surface area contributed by atoms with Crippen molar-refractivity contribution < 1.29 is 9.05 Å². The number of hydrogen-bond donors (Lipinski definition) is 12. The molecule has 0 saturated carbocycles. The van der Waals surface area contributed by atoms with Gasteiger partial charge in [-0.2, -0.15) is 0 Å². The number of H-pyrrole nitrogens is 4. The summed E-state index contributed by atoms with van der Waals surface area (Å²) in [6, 6.07) is 58.2. The van der Waals surface area contributed by atoms with Crippen molar-refractivity contribution in [2.45, 2.75) is 0 Å². The Balaban J connectivity index is 0.000000130. The van der Waals surface area contributed by atoms with Crippen molar-refractivity contribution in [2.24, 2.45) is 0 Å². The highest BCUT2D eigenvalue weighted by Gasteiger charge is 2.18. The van der Waals surface area contributed by atoms with Crippen molar-refractivity contribution in [3.05, 3.63) is 272 Å². The van der Waals surface area contributed by atoms with E-state index in [-0.39, 0.29) is 11.1 Å². The highest BCUT2D eigenvalue weighted by atomic mass is 35.5. The average molecular weight is 1660 g/mol. The van der Waals surface area contributed by atoms with Crippen LogP contribution in [-0.2, 0) is 0 Å². The fourth-order valence-electron chi connectivity index (χ4n) is 11.0. The van der Waals surface area contributed by atoms with Gasteiger partial charge < -0.3 is 51.6 Å². The first-order valence-corrected chi connectivity index (χ1v) is 37.7. The minimum absolute atomic E-state index is 0.105. The Morgan fingerprint density at radius 3 is 1.03 bits per heavy atom. The third-order valence-electron chi connectivity index (χ3n) is 16.1. The normalized spacial score (nSPS) is 10.9. The molecule has 0 radical (unpaired) electrons. The molecule has 0 saturated heterocycles. The van der Waals surface area contributed by atoms with E-state index in [4.69, 9.17) is 97.3 Å². The summed E-state index contributed by atoms with van der Waals surface area (Å²) in [5.74, 6) is 6.80. The number of halogens is 8. The van der Waals surface area contributed by atoms with Gasteiger partial charge in [-0.25, -0.2) is 49.8 Å². The molecule has 16 aromatic rings. The Labute approximate surface area is 674 Å². The summed E-state index contributed by atoms with van der Waals surface area (Å²) in [4.78, 5) is 70.6. The maximum absolute atomic E-state index is 11.2. The van der Waals surface area contributed by atoms with Gasteiger partial charge in [0.05, 0.1) is 48.2 Å². The zero-order chi connectivity index (χ0) is 77.2. The van der Waals surface area contributed by atoms with Gasteiger partial charge in [-0.15, -0.1) is 0 Å². The molecule has 8 aromatic heterocycles. The molecule has 0 amide bonds. The van der Waals surface area contributed by atoms with Crippen molar-refractivity contribution in [3.63, 3.8) is 0 Å². The molecule has 0 unspecified atom stereocenters. The third kappa shape index (κ3) is 20.7. The second-order valence-electron chi connectivity index (χ2n) is 23.8. The Morgan fingerprint density at radius 2 is 0.703 bits per heavy atom. The lowest BCUT2D eigenvalue weighted by molar-refractivity contribution is 0.394. The van der Waals surface area contributed by atoms with Crippen LogP contribution >= 0.6 is 104 Å². The molecule has 562 valence electrons. The van der Waals surface area contributed by atoms with Crippen LogP contribution < -0.4 is 59.3 Å². The lowest BCUT2D eigenvalue weighted by atomic mass is 10.2. The molecule has 0 fully saturated rings. The molecular weight excluding hydrogens is 1600 g/mol. The maximum atomic E-state index is 11.2. The molecule has 8 heterocycles. The molecule has 12 N–H and O–H groups in total. The second-order valence-corrected chi connectivity index (χ2v) is 28.0. The molecule has 0 aliphatic carbocycles. The number of benzene rings is 8. The zero-order valence-electron chi connectivity index (χ0n) is 57.7. The summed E-state index contributed by atoms with van der Waals surface area (Å²) < 4.78 is 12.1. The first kappa shape index (κ1) is 77.7. The zero-order valence-corrected chi connectivity index (χ0v) is 64.6. The van der Waals surface area contributed by atoms with E-state index in [1.165, 1.54) is 36.0 Å². The van der Waals surface area contributed by atoms with E-state index in [1.54, 1.807) is 60.7 Å². The maximum Gasteiger partial charge on any atom is 0.359 e. The van der Waals surface area contributed by atoms with Crippen LogP contribution in [0.2, 0.25) is 40.2 Å². The number of anilines is 8. The van der Waals surface area contributed by atoms with Gasteiger partial charge in [0.2, 0.25) is 0 Å². The van der Waals surface area contributed by atoms with E-state index in [0.717, 1.165) is 71.4 Å². The topological polar surface area (TPSA) is 353 Å². The quantitative estimate of drug-likeness (QED) is 0.0250. The highest BCUT2D eigenvalue weighted by molar-refractivity contribution is 7.10. The van der Waals surface area contributed by atoms with E-state index < -0.39 is 5.63 Å². The number of nitrogens with zero attached hydrogens (tertiary/aromatic N) is 9. The van der Waals surface area contributed by atoms with Crippen LogP contribution in [0.5, 0.6) is 0 Å². The first-order valence-electron chi connectivity index (χ1n) is 33.9. The number of aromatic amines is 4. The average Bonchev–Trinajstić information content (AvgIpc) is 1.70. The monoisotopic (exact) mass is 1660 g/mol. The molecule has 26 nitrogen and oxygen atoms in total. The minimum atomic E-state index is -0.429. The van der Waals surface area contributed by atoms with Crippen molar-refractivity contribution >= 4 is 194 Å². The van der Waals surface area contributed by atoms with Crippen LogP contribution in [0.1, 0.15) is 0 Å². The second kappa shape index (κ2) is 37.3. The van der Waals surface area contributed by atoms with Crippen molar-refractivity contribution in [1.82, 2.24) is 64.8 Å². The van der Waals surface area contributed by atoms with Gasteiger partial charge in [-0.05, 0) is 133 Å². The van der Waals surface area contributed by atoms with Crippen LogP contribution in [0.25, 0.3) is 89.2 Å². The predicted molar refractivity (Wildman–Crippen MR) is 450 cm³/mol. The van der Waals surface area contributed by atoms with E-state index in [2.05, 4.69) is 112 Å². The molecule has 0 atom stereocenters. The fourth-order valence-corrected chi connectivity index (χ4v) is 13.6. The van der Waals surface area contributed by atoms with Crippen LogP contribution in [0, 0.1) is 0 Å². The molecule has 8 aromatic carbocycles. The van der Waals surface area contributed by atoms with Crippen LogP contribution in [0.15, 0.2) is 224 Å². The fraction of sp³-hybridized carbons (Fsp3) is 0.105. The van der Waals surface area contributed by atoms with Crippen LogP contribution in [-0.4, -0.2) is 117 Å². The number of aromatic nitrogens is 13. The Hall–Kier alpha value is -11.5. The van der Waals surface area contributed by atoms with E-state index in [0.29, 0.717) is 156 Å². The lowest BCUT2D eigenvalue weighted by Gasteiger charge is -2.12. The van der Waals surface area contributed by atoms with Gasteiger partial charge in [0.25, 0.3) is 11.1 Å². The Kier molecular flexibility index (Phi) is 26.1. The number of para-hydroxylation sites is 4. The molecule has 0 bridgehead atoms. The van der Waals surface area contributed by atoms with Gasteiger partial charge >= 0.3 is 5.63 Å². The Bertz CT molecular complexity index is 5660. The highest BCUT2D eigenvalue weighted by Crippen LogP contribution is 2.36. The smallest absolute Gasteiger partial charge is 0.359 e. The summed E-state index contributed by atoms with van der Waals surface area (Å²) in [7, 11) is 0. The first-order chi connectivity index (χ1) is 54.0. The van der Waals surface area contributed by atoms with Crippen LogP contribution in [0.4, 0.5) is 45.7 Å². The molecule has 0 spiro atoms. The summed E-state index contributed by atoms with van der Waals surface area (Å²) in [6.07, 6.45) is 1.52. The molecule has 0 aliphatic heterocycles. The number of rotatable bonds is 24. The van der Waals surface area contributed by atoms with Crippen molar-refractivity contribution in [2.75, 3.05) is 94.9 Å². The van der Waals surface area contributed by atoms with Gasteiger partial charge in [-0.1, -0.05) is 146 Å². The molecule has 35 heteroatoms. The molecular formula is C76H61Cl8N21O5S. The van der Waals surface area contributed by atoms with E-state index >= 15 is 0 Å². The number of nitrogens with one attached hydrogen (secondary N) is 12. The molecule has 16 rings (SSSR count). The summed E-state index contributed by atoms with van der Waals surface area (Å²) in [5.41, 5.74) is 5.41. The largest absolute Gasteiger partial charge is 0.374 e. The lowest BCUT2D eigenvalue weighted by Crippen LogP contribution is -2.15. The van der Waals surface area contributed by atoms with Crippen molar-refractivity contribution in [3.8, 4) is 45.6 Å². The SMILES string of the molecule is Clc1ccc(-c2nc(NCCNc3ccon3)c3ccccc3n2)c(Cl)c1.O=c1cc(NCCNc2nc(-c3ccc(Cl)cc3Cl)nc3ccccc23)[nH][nH]1.O=c1cc(NCCNc2nc(-c3ccc(Cl)cc3Cl)nc3ccccc23)[nH]o1.O=c1cc(NCCNc2nc(-c3ccc(Cl)cc3Cl)nc3ccccc23)s[nH]1. The van der Waals surface area contributed by atoms with Gasteiger partial charge in [0, 0.05) is 134 Å². The number of fused-ring (bicyclic) bond motifs is 4. The predicted octanol–water partition coefficient (Wildman–Crippen LogP) is 18.5. The van der Waals surface area contributed by atoms with Gasteiger partial charge in [-0.3, -0.25) is 24.2 Å². The molecule has 0 aliphatic rings. The van der Waals surface area contributed by atoms with E-state index in [1.807, 2.05) is 115 Å². The third-order valence-corrected chi connectivity index (χ3v) is 19.1. The summed E-state index contributed by atoms with van der Waals surface area (Å²) in [5, 5.41) is 46.1. The summed E-state index contributed by atoms with van der Waals surface area (Å²) in [6.45, 7) is 4.81. The van der Waals surface area contributed by atoms with Gasteiger partial charge in [0.15, 0.2) is 29.1 Å². The van der Waals surface area contributed by atoms with E-state index in [9.17, 15) is 14.4 Å². The van der Waals surface area contributed by atoms with Gasteiger partial charge in [0.1, 0.15) is 46.2 Å². The summed E-state index contributed by atoms with van der Waals surface area (Å²) >= 11 is 50.6. The minimum Gasteiger partial charge on any atom is -0.374 e. The standard InChI is InChI=1S/C19H16Cl2N6O.C19H15Cl2N5O2.C19H15Cl2N5OS.C19H15Cl2N5O/c20-11-5-6-12(14(21)9-11)19-24-15-4-2-1-3-13(15)18(25-19)23-8-7-22-16-10-17(28)27-26-16;20-11-5-6-12(14(21)9-11)19-24-15-4-2-1-3-13(15)18(25-19)23-8-7-22-16-10-17(27)28-26-16;20-11-5-6-12(14(21)9-11)19-24-15-4-2-1-3-13(15)18(25-19)23-8-7-22-17-10-16(27)26-28-17;20-12-5-6-13(15(21)11-12)19-24-16-4-2-1-3-14(16)18(25-19)23-9-8-22-17-7-10-27-26-17/h1-6,9-10H,7-8H2,(H,23,24,25)(H3,22,26,27,28);1-6,9-10,22,26H,7-8H2,(H,23,24,25);1-6,9-10,22H,7-8H2,(H,26,27)(H,23,24,25);1-7,10-11H,8-9H2,(H,22,26)(H,23,24,25). The Morgan fingerprint density at radius 1 is 0.342 bits per heavy atom. The molecule has 111 heavy (non-hydrogen) atoms. The number of hydrogen-bond acceptors (Lipinski definition) is 23.